The maximum Gasteiger partial charge on any atom is 0.416 e. The van der Waals surface area contributed by atoms with E-state index >= 15 is 0 Å². The van der Waals surface area contributed by atoms with Crippen LogP contribution in [0.3, 0.4) is 0 Å². The van der Waals surface area contributed by atoms with Crippen LogP contribution in [-0.2, 0) is 19.0 Å². The lowest BCUT2D eigenvalue weighted by molar-refractivity contribution is -0.137. The lowest BCUT2D eigenvalue weighted by Gasteiger charge is -2.14. The van der Waals surface area contributed by atoms with Gasteiger partial charge in [-0.1, -0.05) is 37.3 Å². The number of halogens is 3. The van der Waals surface area contributed by atoms with Gasteiger partial charge in [0.25, 0.3) is 5.91 Å². The normalized spacial score (nSPS) is 11.3. The first-order valence-corrected chi connectivity index (χ1v) is 10.4. The summed E-state index contributed by atoms with van der Waals surface area (Å²) < 4.78 is 44.5. The second-order valence-corrected chi connectivity index (χ2v) is 7.46. The average molecular weight is 442 g/mol. The van der Waals surface area contributed by atoms with Crippen LogP contribution in [0.5, 0.6) is 5.75 Å². The molecule has 0 aliphatic rings. The molecule has 0 unspecified atom stereocenters. The van der Waals surface area contributed by atoms with Crippen molar-refractivity contribution in [3.8, 4) is 5.75 Å². The molecule has 1 aromatic heterocycles. The van der Waals surface area contributed by atoms with E-state index in [1.807, 2.05) is 19.1 Å². The number of nitrogens with one attached hydrogen (secondary N) is 1. The van der Waals surface area contributed by atoms with Gasteiger partial charge in [0.05, 0.1) is 18.2 Å². The first-order chi connectivity index (χ1) is 15.3. The molecule has 1 heterocycles. The van der Waals surface area contributed by atoms with Gasteiger partial charge in [0.2, 0.25) is 0 Å². The van der Waals surface area contributed by atoms with Crippen molar-refractivity contribution >= 4 is 5.91 Å². The molecular formula is C25H25F3N2O2. The topological polar surface area (TPSA) is 51.2 Å². The highest BCUT2D eigenvalue weighted by molar-refractivity contribution is 5.97. The van der Waals surface area contributed by atoms with Crippen molar-refractivity contribution in [1.29, 1.82) is 0 Å². The smallest absolute Gasteiger partial charge is 0.416 e. The van der Waals surface area contributed by atoms with Crippen LogP contribution in [0.2, 0.25) is 0 Å². The molecule has 4 nitrogen and oxygen atoms in total. The predicted octanol–water partition coefficient (Wildman–Crippen LogP) is 5.43. The molecule has 0 bridgehead atoms. The zero-order valence-electron chi connectivity index (χ0n) is 18.0. The predicted molar refractivity (Wildman–Crippen MR) is 117 cm³/mol. The Hall–Kier alpha value is -3.35. The van der Waals surface area contributed by atoms with E-state index in [0.717, 1.165) is 29.3 Å². The third kappa shape index (κ3) is 5.87. The fraction of sp³-hybridized carbons (Fsp3) is 0.280. The molecule has 3 rings (SSSR count). The Labute approximate surface area is 185 Å². The summed E-state index contributed by atoms with van der Waals surface area (Å²) in [4.78, 5) is 16.9. The summed E-state index contributed by atoms with van der Waals surface area (Å²) in [5.74, 6) is 0.294. The van der Waals surface area contributed by atoms with Crippen LogP contribution < -0.4 is 10.1 Å². The highest BCUT2D eigenvalue weighted by Crippen LogP contribution is 2.30. The molecule has 0 radical (unpaired) electrons. The summed E-state index contributed by atoms with van der Waals surface area (Å²) >= 11 is 0. The van der Waals surface area contributed by atoms with Gasteiger partial charge in [-0.05, 0) is 48.2 Å². The summed E-state index contributed by atoms with van der Waals surface area (Å²) in [5, 5.41) is 2.85. The third-order valence-corrected chi connectivity index (χ3v) is 5.00. The van der Waals surface area contributed by atoms with Gasteiger partial charge in [0.15, 0.2) is 0 Å². The van der Waals surface area contributed by atoms with Crippen LogP contribution in [0.25, 0.3) is 0 Å². The molecule has 7 heteroatoms. The van der Waals surface area contributed by atoms with E-state index < -0.39 is 11.7 Å². The molecule has 1 N–H and O–H groups in total. The first-order valence-electron chi connectivity index (χ1n) is 10.4. The van der Waals surface area contributed by atoms with E-state index in [-0.39, 0.29) is 5.91 Å². The monoisotopic (exact) mass is 442 g/mol. The number of aromatic nitrogens is 1. The molecule has 1 amide bonds. The van der Waals surface area contributed by atoms with Crippen molar-refractivity contribution in [2.45, 2.75) is 32.4 Å². The molecule has 0 fully saturated rings. The van der Waals surface area contributed by atoms with Gasteiger partial charge in [-0.2, -0.15) is 13.2 Å². The van der Waals surface area contributed by atoms with Crippen molar-refractivity contribution in [1.82, 2.24) is 10.3 Å². The van der Waals surface area contributed by atoms with Crippen molar-refractivity contribution in [2.75, 3.05) is 13.7 Å². The van der Waals surface area contributed by atoms with E-state index in [9.17, 15) is 18.0 Å². The standard InChI is InChI=1S/C25H25F3N2O2/c1-3-11-30-24(31)22-9-5-7-19(23(22)32-2)16-21-15-18(10-12-29-21)13-17-6-4-8-20(14-17)25(26,27)28/h4-10,12,14-15H,3,11,13,16H2,1-2H3,(H,30,31). The number of pyridine rings is 1. The van der Waals surface area contributed by atoms with E-state index in [0.29, 0.717) is 36.3 Å². The Morgan fingerprint density at radius 2 is 1.78 bits per heavy atom. The molecule has 0 saturated carbocycles. The van der Waals surface area contributed by atoms with Gasteiger partial charge in [-0.25, -0.2) is 0 Å². The quantitative estimate of drug-likeness (QED) is 0.506. The van der Waals surface area contributed by atoms with Crippen LogP contribution in [-0.4, -0.2) is 24.5 Å². The summed E-state index contributed by atoms with van der Waals surface area (Å²) in [6, 6.07) is 14.4. The molecule has 168 valence electrons. The Morgan fingerprint density at radius 3 is 2.50 bits per heavy atom. The number of para-hydroxylation sites is 1. The number of hydrogen-bond acceptors (Lipinski definition) is 3. The number of hydrogen-bond donors (Lipinski definition) is 1. The number of rotatable bonds is 8. The summed E-state index contributed by atoms with van der Waals surface area (Å²) in [6.07, 6.45) is -1.12. The number of alkyl halides is 3. The van der Waals surface area contributed by atoms with Crippen LogP contribution in [0.15, 0.2) is 60.8 Å². The minimum atomic E-state index is -4.37. The number of benzene rings is 2. The van der Waals surface area contributed by atoms with Crippen molar-refractivity contribution in [3.63, 3.8) is 0 Å². The zero-order chi connectivity index (χ0) is 23.1. The molecule has 0 aliphatic carbocycles. The first kappa shape index (κ1) is 23.3. The van der Waals surface area contributed by atoms with Crippen LogP contribution in [0, 0.1) is 0 Å². The van der Waals surface area contributed by atoms with E-state index in [4.69, 9.17) is 4.74 Å². The second kappa shape index (κ2) is 10.3. The highest BCUT2D eigenvalue weighted by Gasteiger charge is 2.30. The molecule has 0 aliphatic heterocycles. The molecule has 0 saturated heterocycles. The summed E-state index contributed by atoms with van der Waals surface area (Å²) in [6.45, 7) is 2.55. The Kier molecular flexibility index (Phi) is 7.51. The summed E-state index contributed by atoms with van der Waals surface area (Å²) in [5.41, 5.74) is 2.76. The maximum atomic E-state index is 13.0. The lowest BCUT2D eigenvalue weighted by atomic mass is 10.00. The van der Waals surface area contributed by atoms with E-state index in [2.05, 4.69) is 10.3 Å². The number of carbonyl (C=O) groups is 1. The Morgan fingerprint density at radius 1 is 1.03 bits per heavy atom. The number of ether oxygens (including phenoxy) is 1. The number of carbonyl (C=O) groups excluding carboxylic acids is 1. The number of amides is 1. The third-order valence-electron chi connectivity index (χ3n) is 5.00. The van der Waals surface area contributed by atoms with Gasteiger partial charge < -0.3 is 10.1 Å². The second-order valence-electron chi connectivity index (χ2n) is 7.46. The zero-order valence-corrected chi connectivity index (χ0v) is 18.0. The van der Waals surface area contributed by atoms with E-state index in [1.54, 1.807) is 30.5 Å². The fourth-order valence-corrected chi connectivity index (χ4v) is 3.50. The molecule has 0 spiro atoms. The average Bonchev–Trinajstić information content (AvgIpc) is 2.77. The van der Waals surface area contributed by atoms with Crippen LogP contribution >= 0.6 is 0 Å². The molecule has 3 aromatic rings. The van der Waals surface area contributed by atoms with Gasteiger partial charge in [0.1, 0.15) is 5.75 Å². The summed E-state index contributed by atoms with van der Waals surface area (Å²) in [7, 11) is 1.52. The Bertz CT molecular complexity index is 1080. The fourth-order valence-electron chi connectivity index (χ4n) is 3.50. The van der Waals surface area contributed by atoms with Gasteiger partial charge in [-0.3, -0.25) is 9.78 Å². The number of methoxy groups -OCH3 is 1. The maximum absolute atomic E-state index is 13.0. The minimum Gasteiger partial charge on any atom is -0.496 e. The van der Waals surface area contributed by atoms with Crippen molar-refractivity contribution in [3.05, 3.63) is 94.3 Å². The largest absolute Gasteiger partial charge is 0.496 e. The highest BCUT2D eigenvalue weighted by atomic mass is 19.4. The van der Waals surface area contributed by atoms with Gasteiger partial charge >= 0.3 is 6.18 Å². The van der Waals surface area contributed by atoms with Gasteiger partial charge in [0, 0.05) is 30.4 Å². The van der Waals surface area contributed by atoms with Crippen molar-refractivity contribution < 1.29 is 22.7 Å². The minimum absolute atomic E-state index is 0.197. The van der Waals surface area contributed by atoms with Crippen molar-refractivity contribution in [2.24, 2.45) is 0 Å². The Balaban J connectivity index is 1.82. The van der Waals surface area contributed by atoms with Crippen LogP contribution in [0.1, 0.15) is 51.7 Å². The van der Waals surface area contributed by atoms with Gasteiger partial charge in [-0.15, -0.1) is 0 Å². The molecule has 32 heavy (non-hydrogen) atoms. The van der Waals surface area contributed by atoms with E-state index in [1.165, 1.54) is 19.2 Å². The lowest BCUT2D eigenvalue weighted by Crippen LogP contribution is -2.24. The molecular weight excluding hydrogens is 417 g/mol. The number of nitrogens with zero attached hydrogens (tertiary/aromatic N) is 1. The van der Waals surface area contributed by atoms with Crippen LogP contribution in [0.4, 0.5) is 13.2 Å². The SMILES string of the molecule is CCCNC(=O)c1cccc(Cc2cc(Cc3cccc(C(F)(F)F)c3)ccn2)c1OC. The molecule has 0 atom stereocenters. The molecule has 2 aromatic carbocycles.